The van der Waals surface area contributed by atoms with E-state index < -0.39 is 5.82 Å². The second-order valence-electron chi connectivity index (χ2n) is 2.54. The molecular formula is C9H4BrFOS. The number of carbonyl (C=O) groups excluding carboxylic acids is 1. The van der Waals surface area contributed by atoms with Crippen LogP contribution in [0.3, 0.4) is 0 Å². The van der Waals surface area contributed by atoms with Crippen LogP contribution in [0.15, 0.2) is 22.0 Å². The maximum absolute atomic E-state index is 13.1. The van der Waals surface area contributed by atoms with Crippen LogP contribution in [0.1, 0.15) is 10.4 Å². The molecule has 1 heterocycles. The van der Waals surface area contributed by atoms with E-state index in [9.17, 15) is 9.18 Å². The molecule has 0 aliphatic heterocycles. The number of hydrogen-bond acceptors (Lipinski definition) is 2. The van der Waals surface area contributed by atoms with Crippen molar-refractivity contribution in [3.05, 3.63) is 33.4 Å². The van der Waals surface area contributed by atoms with Gasteiger partial charge >= 0.3 is 0 Å². The number of halogens is 2. The van der Waals surface area contributed by atoms with Crippen molar-refractivity contribution in [3.63, 3.8) is 0 Å². The van der Waals surface area contributed by atoms with Crippen LogP contribution >= 0.6 is 27.3 Å². The zero-order chi connectivity index (χ0) is 9.42. The Hall–Kier alpha value is -0.740. The van der Waals surface area contributed by atoms with E-state index in [2.05, 4.69) is 15.9 Å². The summed E-state index contributed by atoms with van der Waals surface area (Å²) in [5.41, 5.74) is 0.130. The summed E-state index contributed by atoms with van der Waals surface area (Å²) >= 11 is 4.76. The quantitative estimate of drug-likeness (QED) is 0.715. The normalized spacial score (nSPS) is 10.6. The van der Waals surface area contributed by atoms with Crippen LogP contribution in [0.5, 0.6) is 0 Å². The van der Waals surface area contributed by atoms with Crippen LogP contribution in [0.25, 0.3) is 10.1 Å². The molecule has 0 saturated heterocycles. The maximum atomic E-state index is 13.1. The molecule has 1 aromatic carbocycles. The SMILES string of the molecule is O=Cc1c(F)ccc2scc(Br)c12. The Morgan fingerprint density at radius 3 is 2.92 bits per heavy atom. The molecule has 2 aromatic rings. The van der Waals surface area contributed by atoms with Crippen LogP contribution in [-0.2, 0) is 0 Å². The molecule has 4 heteroatoms. The Morgan fingerprint density at radius 2 is 2.23 bits per heavy atom. The van der Waals surface area contributed by atoms with Crippen LogP contribution < -0.4 is 0 Å². The van der Waals surface area contributed by atoms with Crippen molar-refractivity contribution in [3.8, 4) is 0 Å². The third kappa shape index (κ3) is 1.30. The number of fused-ring (bicyclic) bond motifs is 1. The van der Waals surface area contributed by atoms with Crippen molar-refractivity contribution >= 4 is 43.6 Å². The summed E-state index contributed by atoms with van der Waals surface area (Å²) in [6.07, 6.45) is 0.551. The summed E-state index contributed by atoms with van der Waals surface area (Å²) < 4.78 is 14.8. The molecule has 13 heavy (non-hydrogen) atoms. The average molecular weight is 259 g/mol. The highest BCUT2D eigenvalue weighted by Crippen LogP contribution is 2.33. The fourth-order valence-corrected chi connectivity index (χ4v) is 2.88. The lowest BCUT2D eigenvalue weighted by molar-refractivity contribution is 0.112. The van der Waals surface area contributed by atoms with E-state index in [0.29, 0.717) is 11.7 Å². The van der Waals surface area contributed by atoms with Gasteiger partial charge in [0.25, 0.3) is 0 Å². The zero-order valence-corrected chi connectivity index (χ0v) is 8.78. The molecule has 0 aliphatic carbocycles. The predicted molar refractivity (Wildman–Crippen MR) is 54.9 cm³/mol. The molecule has 0 amide bonds. The molecular weight excluding hydrogens is 255 g/mol. The number of rotatable bonds is 1. The Bertz CT molecular complexity index is 478. The lowest BCUT2D eigenvalue weighted by Gasteiger charge is -1.96. The first-order valence-electron chi connectivity index (χ1n) is 3.54. The minimum Gasteiger partial charge on any atom is -0.298 e. The van der Waals surface area contributed by atoms with E-state index in [1.54, 1.807) is 6.07 Å². The standard InChI is InChI=1S/C9H4BrFOS/c10-6-4-13-8-2-1-7(11)5(3-12)9(6)8/h1-4H. The number of hydrogen-bond donors (Lipinski definition) is 0. The van der Waals surface area contributed by atoms with E-state index in [1.807, 2.05) is 5.38 Å². The van der Waals surface area contributed by atoms with Gasteiger partial charge in [0.05, 0.1) is 5.56 Å². The highest BCUT2D eigenvalue weighted by molar-refractivity contribution is 9.10. The first kappa shape index (κ1) is 8.84. The van der Waals surface area contributed by atoms with Crippen molar-refractivity contribution in [2.45, 2.75) is 0 Å². The summed E-state index contributed by atoms with van der Waals surface area (Å²) in [5.74, 6) is -0.471. The Balaban J connectivity index is 2.96. The topological polar surface area (TPSA) is 17.1 Å². The molecule has 2 rings (SSSR count). The van der Waals surface area contributed by atoms with Crippen molar-refractivity contribution in [1.29, 1.82) is 0 Å². The number of aldehydes is 1. The molecule has 0 fully saturated rings. The third-order valence-corrected chi connectivity index (χ3v) is 3.68. The zero-order valence-electron chi connectivity index (χ0n) is 6.38. The summed E-state index contributed by atoms with van der Waals surface area (Å²) in [5, 5.41) is 2.51. The van der Waals surface area contributed by atoms with E-state index in [-0.39, 0.29) is 5.56 Å². The highest BCUT2D eigenvalue weighted by atomic mass is 79.9. The van der Waals surface area contributed by atoms with Crippen molar-refractivity contribution < 1.29 is 9.18 Å². The Kier molecular flexibility index (Phi) is 2.17. The molecule has 0 spiro atoms. The first-order valence-corrected chi connectivity index (χ1v) is 5.21. The van der Waals surface area contributed by atoms with Gasteiger partial charge in [-0.2, -0.15) is 0 Å². The van der Waals surface area contributed by atoms with Crippen LogP contribution in [-0.4, -0.2) is 6.29 Å². The summed E-state index contributed by atoms with van der Waals surface area (Å²) in [7, 11) is 0. The molecule has 1 nitrogen and oxygen atoms in total. The van der Waals surface area contributed by atoms with Gasteiger partial charge in [-0.15, -0.1) is 11.3 Å². The van der Waals surface area contributed by atoms with E-state index in [0.717, 1.165) is 9.17 Å². The monoisotopic (exact) mass is 258 g/mol. The average Bonchev–Trinajstić information content (AvgIpc) is 2.49. The number of benzene rings is 1. The molecule has 0 bridgehead atoms. The van der Waals surface area contributed by atoms with E-state index in [4.69, 9.17) is 0 Å². The fourth-order valence-electron chi connectivity index (χ4n) is 1.21. The van der Waals surface area contributed by atoms with Gasteiger partial charge in [-0.05, 0) is 28.1 Å². The molecule has 0 radical (unpaired) electrons. The molecule has 0 N–H and O–H groups in total. The molecule has 0 unspecified atom stereocenters. The minimum atomic E-state index is -0.471. The second kappa shape index (κ2) is 3.20. The first-order chi connectivity index (χ1) is 6.24. The molecule has 0 atom stereocenters. The second-order valence-corrected chi connectivity index (χ2v) is 4.30. The lowest BCUT2D eigenvalue weighted by atomic mass is 10.1. The number of carbonyl (C=O) groups is 1. The van der Waals surface area contributed by atoms with Crippen molar-refractivity contribution in [2.24, 2.45) is 0 Å². The Labute approximate surface area is 86.3 Å². The smallest absolute Gasteiger partial charge is 0.153 e. The van der Waals surface area contributed by atoms with E-state index >= 15 is 0 Å². The molecule has 0 aliphatic rings. The van der Waals surface area contributed by atoms with Gasteiger partial charge in [0.2, 0.25) is 0 Å². The summed E-state index contributed by atoms with van der Waals surface area (Å²) in [6, 6.07) is 2.99. The Morgan fingerprint density at radius 1 is 1.46 bits per heavy atom. The van der Waals surface area contributed by atoms with Gasteiger partial charge in [-0.1, -0.05) is 0 Å². The van der Waals surface area contributed by atoms with Gasteiger partial charge < -0.3 is 0 Å². The van der Waals surface area contributed by atoms with Crippen molar-refractivity contribution in [2.75, 3.05) is 0 Å². The third-order valence-electron chi connectivity index (χ3n) is 1.80. The van der Waals surface area contributed by atoms with Crippen molar-refractivity contribution in [1.82, 2.24) is 0 Å². The van der Waals surface area contributed by atoms with Crippen LogP contribution in [0.2, 0.25) is 0 Å². The molecule has 0 saturated carbocycles. The van der Waals surface area contributed by atoms with Gasteiger partial charge in [-0.3, -0.25) is 4.79 Å². The number of thiophene rings is 1. The van der Waals surface area contributed by atoms with Gasteiger partial charge in [0, 0.05) is 19.9 Å². The molecule has 66 valence electrons. The van der Waals surface area contributed by atoms with E-state index in [1.165, 1.54) is 17.4 Å². The van der Waals surface area contributed by atoms with Crippen LogP contribution in [0.4, 0.5) is 4.39 Å². The lowest BCUT2D eigenvalue weighted by Crippen LogP contribution is -1.87. The van der Waals surface area contributed by atoms with Gasteiger partial charge in [0.15, 0.2) is 6.29 Å². The predicted octanol–water partition coefficient (Wildman–Crippen LogP) is 3.62. The largest absolute Gasteiger partial charge is 0.298 e. The van der Waals surface area contributed by atoms with Gasteiger partial charge in [0.1, 0.15) is 5.82 Å². The fraction of sp³-hybridized carbons (Fsp3) is 0. The highest BCUT2D eigenvalue weighted by Gasteiger charge is 2.10. The maximum Gasteiger partial charge on any atom is 0.153 e. The summed E-state index contributed by atoms with van der Waals surface area (Å²) in [4.78, 5) is 10.6. The molecule has 1 aromatic heterocycles. The van der Waals surface area contributed by atoms with Gasteiger partial charge in [-0.25, -0.2) is 4.39 Å². The summed E-state index contributed by atoms with van der Waals surface area (Å²) in [6.45, 7) is 0. The van der Waals surface area contributed by atoms with Crippen LogP contribution in [0, 0.1) is 5.82 Å². The minimum absolute atomic E-state index is 0.130.